The van der Waals surface area contributed by atoms with Gasteiger partial charge in [0.05, 0.1) is 16.5 Å². The van der Waals surface area contributed by atoms with Gasteiger partial charge >= 0.3 is 0 Å². The first-order valence-corrected chi connectivity index (χ1v) is 9.55. The van der Waals surface area contributed by atoms with E-state index in [0.29, 0.717) is 5.69 Å². The van der Waals surface area contributed by atoms with E-state index < -0.39 is 21.7 Å². The zero-order chi connectivity index (χ0) is 18.4. The van der Waals surface area contributed by atoms with Crippen LogP contribution >= 0.6 is 0 Å². The third kappa shape index (κ3) is 2.65. The lowest BCUT2D eigenvalue weighted by Crippen LogP contribution is -2.60. The molecule has 0 bridgehead atoms. The van der Waals surface area contributed by atoms with E-state index >= 15 is 0 Å². The van der Waals surface area contributed by atoms with Crippen LogP contribution in [0.1, 0.15) is 32.3 Å². The summed E-state index contributed by atoms with van der Waals surface area (Å²) in [6, 6.07) is 14.9. The molecule has 3 rings (SSSR count). The van der Waals surface area contributed by atoms with E-state index in [1.165, 1.54) is 26.0 Å². The molecule has 0 spiro atoms. The Balaban J connectivity index is 2.30. The summed E-state index contributed by atoms with van der Waals surface area (Å²) in [6.45, 7) is 4.62. The van der Waals surface area contributed by atoms with Crippen LogP contribution in [0.15, 0.2) is 59.5 Å². The standard InChI is InChI=1S/C19H21NO4S/c1-13-16-11-7-8-12-17(16)20(19(3,22)18(13)14(2)21)25(23,24)15-9-5-4-6-10-15/h4-13,18,22H,1-3H3/t13-,18-,19+/m1/s1. The van der Waals surface area contributed by atoms with E-state index in [2.05, 4.69) is 0 Å². The number of benzene rings is 2. The molecule has 0 saturated carbocycles. The summed E-state index contributed by atoms with van der Waals surface area (Å²) in [4.78, 5) is 12.3. The van der Waals surface area contributed by atoms with Gasteiger partial charge in [0.25, 0.3) is 10.0 Å². The fourth-order valence-electron chi connectivity index (χ4n) is 3.89. The number of sulfonamides is 1. The summed E-state index contributed by atoms with van der Waals surface area (Å²) >= 11 is 0. The Morgan fingerprint density at radius 1 is 1.08 bits per heavy atom. The van der Waals surface area contributed by atoms with E-state index in [0.717, 1.165) is 9.87 Å². The van der Waals surface area contributed by atoms with Gasteiger partial charge in [0, 0.05) is 0 Å². The Morgan fingerprint density at radius 2 is 1.64 bits per heavy atom. The van der Waals surface area contributed by atoms with Gasteiger partial charge in [0.15, 0.2) is 5.72 Å². The second kappa shape index (κ2) is 5.97. The highest BCUT2D eigenvalue weighted by Crippen LogP contribution is 2.48. The van der Waals surface area contributed by atoms with Gasteiger partial charge in [-0.3, -0.25) is 4.79 Å². The van der Waals surface area contributed by atoms with Crippen LogP contribution in [0.3, 0.4) is 0 Å². The zero-order valence-corrected chi connectivity index (χ0v) is 15.2. The van der Waals surface area contributed by atoms with Crippen LogP contribution in [0.25, 0.3) is 0 Å². The van der Waals surface area contributed by atoms with Gasteiger partial charge in [-0.1, -0.05) is 43.3 Å². The molecule has 2 aromatic rings. The van der Waals surface area contributed by atoms with E-state index in [9.17, 15) is 18.3 Å². The number of aliphatic hydroxyl groups is 1. The molecule has 0 fully saturated rings. The van der Waals surface area contributed by atoms with Crippen LogP contribution in [-0.4, -0.2) is 25.0 Å². The number of fused-ring (bicyclic) bond motifs is 1. The van der Waals surface area contributed by atoms with Gasteiger partial charge in [0.2, 0.25) is 0 Å². The maximum Gasteiger partial charge on any atom is 0.266 e. The summed E-state index contributed by atoms with van der Waals surface area (Å²) in [6.07, 6.45) is 0. The molecule has 1 N–H and O–H groups in total. The van der Waals surface area contributed by atoms with Crippen LogP contribution in [0, 0.1) is 5.92 Å². The molecule has 1 aliphatic rings. The first-order chi connectivity index (χ1) is 11.7. The Labute approximate surface area is 148 Å². The van der Waals surface area contributed by atoms with Gasteiger partial charge in [-0.15, -0.1) is 0 Å². The van der Waals surface area contributed by atoms with Crippen molar-refractivity contribution in [3.8, 4) is 0 Å². The normalized spacial score (nSPS) is 26.2. The van der Waals surface area contributed by atoms with Crippen LogP contribution in [0.2, 0.25) is 0 Å². The van der Waals surface area contributed by atoms with Crippen molar-refractivity contribution >= 4 is 21.5 Å². The largest absolute Gasteiger partial charge is 0.369 e. The lowest BCUT2D eigenvalue weighted by atomic mass is 9.75. The van der Waals surface area contributed by atoms with Crippen molar-refractivity contribution in [2.75, 3.05) is 4.31 Å². The molecule has 2 aromatic carbocycles. The van der Waals surface area contributed by atoms with Crippen LogP contribution < -0.4 is 4.31 Å². The minimum atomic E-state index is -4.04. The number of rotatable bonds is 3. The monoisotopic (exact) mass is 359 g/mol. The van der Waals surface area contributed by atoms with Crippen LogP contribution in [0.5, 0.6) is 0 Å². The minimum absolute atomic E-state index is 0.0712. The predicted octanol–water partition coefficient (Wildman–Crippen LogP) is 2.91. The number of para-hydroxylation sites is 1. The van der Waals surface area contributed by atoms with E-state index in [-0.39, 0.29) is 16.6 Å². The van der Waals surface area contributed by atoms with Gasteiger partial charge in [-0.05, 0) is 43.5 Å². The van der Waals surface area contributed by atoms with Crippen LogP contribution in [0.4, 0.5) is 5.69 Å². The lowest BCUT2D eigenvalue weighted by Gasteiger charge is -2.48. The fourth-order valence-corrected chi connectivity index (χ4v) is 5.63. The highest BCUT2D eigenvalue weighted by molar-refractivity contribution is 7.93. The van der Waals surface area contributed by atoms with Gasteiger partial charge in [-0.2, -0.15) is 0 Å². The molecule has 25 heavy (non-hydrogen) atoms. The van der Waals surface area contributed by atoms with E-state index in [4.69, 9.17) is 0 Å². The maximum atomic E-state index is 13.3. The van der Waals surface area contributed by atoms with Crippen LogP contribution in [-0.2, 0) is 14.8 Å². The van der Waals surface area contributed by atoms with Crippen molar-refractivity contribution in [1.29, 1.82) is 0 Å². The molecule has 0 radical (unpaired) electrons. The Bertz CT molecular complexity index is 906. The zero-order valence-electron chi connectivity index (χ0n) is 14.4. The second-order valence-electron chi connectivity index (χ2n) is 6.61. The van der Waals surface area contributed by atoms with Crippen molar-refractivity contribution in [3.05, 3.63) is 60.2 Å². The molecule has 132 valence electrons. The Hall–Kier alpha value is -2.18. The summed E-state index contributed by atoms with van der Waals surface area (Å²) in [5.74, 6) is -1.41. The van der Waals surface area contributed by atoms with Crippen molar-refractivity contribution in [2.45, 2.75) is 37.3 Å². The number of hydrogen-bond acceptors (Lipinski definition) is 4. The fraction of sp³-hybridized carbons (Fsp3) is 0.316. The molecule has 0 aliphatic carbocycles. The molecular weight excluding hydrogens is 338 g/mol. The number of carbonyl (C=O) groups excluding carboxylic acids is 1. The molecule has 0 saturated heterocycles. The number of Topliss-reactive ketones (excluding diaryl/α,β-unsaturated/α-hetero) is 1. The Kier molecular flexibility index (Phi) is 4.21. The Morgan fingerprint density at radius 3 is 2.24 bits per heavy atom. The van der Waals surface area contributed by atoms with E-state index in [1.54, 1.807) is 42.5 Å². The molecule has 1 aliphatic heterocycles. The molecule has 0 aromatic heterocycles. The average molecular weight is 359 g/mol. The SMILES string of the molecule is CC(=O)[C@H]1[C@H](C)c2ccccc2N(S(=O)(=O)c2ccccc2)[C@@]1(C)O. The van der Waals surface area contributed by atoms with Gasteiger partial charge in [-0.25, -0.2) is 12.7 Å². The smallest absolute Gasteiger partial charge is 0.266 e. The van der Waals surface area contributed by atoms with Gasteiger partial charge < -0.3 is 5.11 Å². The average Bonchev–Trinajstić information content (AvgIpc) is 2.54. The summed E-state index contributed by atoms with van der Waals surface area (Å²) in [5.41, 5.74) is -0.732. The number of hydrogen-bond donors (Lipinski definition) is 1. The van der Waals surface area contributed by atoms with Crippen molar-refractivity contribution in [2.24, 2.45) is 5.92 Å². The number of ketones is 1. The predicted molar refractivity (Wildman–Crippen MR) is 95.8 cm³/mol. The molecule has 3 atom stereocenters. The third-order valence-electron chi connectivity index (χ3n) is 4.87. The summed E-state index contributed by atoms with van der Waals surface area (Å²) < 4.78 is 27.6. The summed E-state index contributed by atoms with van der Waals surface area (Å²) in [7, 11) is -4.04. The maximum absolute atomic E-state index is 13.3. The number of nitrogens with zero attached hydrogens (tertiary/aromatic N) is 1. The van der Waals surface area contributed by atoms with Crippen molar-refractivity contribution in [1.82, 2.24) is 0 Å². The molecule has 5 nitrogen and oxygen atoms in total. The quantitative estimate of drug-likeness (QED) is 0.914. The minimum Gasteiger partial charge on any atom is -0.369 e. The first kappa shape index (κ1) is 17.6. The molecule has 0 amide bonds. The number of anilines is 1. The highest BCUT2D eigenvalue weighted by atomic mass is 32.2. The first-order valence-electron chi connectivity index (χ1n) is 8.11. The van der Waals surface area contributed by atoms with Crippen molar-refractivity contribution in [3.63, 3.8) is 0 Å². The molecule has 6 heteroatoms. The molecule has 0 unspecified atom stereocenters. The molecular formula is C19H21NO4S. The van der Waals surface area contributed by atoms with Crippen molar-refractivity contribution < 1.29 is 18.3 Å². The van der Waals surface area contributed by atoms with Gasteiger partial charge in [0.1, 0.15) is 5.78 Å². The van der Waals surface area contributed by atoms with E-state index in [1.807, 2.05) is 6.92 Å². The molecule has 1 heterocycles. The highest BCUT2D eigenvalue weighted by Gasteiger charge is 2.53. The third-order valence-corrected chi connectivity index (χ3v) is 6.78. The summed E-state index contributed by atoms with van der Waals surface area (Å²) in [5, 5.41) is 11.2. The topological polar surface area (TPSA) is 74.7 Å². The number of carbonyl (C=O) groups is 1. The second-order valence-corrected chi connectivity index (χ2v) is 8.40. The lowest BCUT2D eigenvalue weighted by molar-refractivity contribution is -0.130.